The van der Waals surface area contributed by atoms with Gasteiger partial charge in [0.25, 0.3) is 11.8 Å². The summed E-state index contributed by atoms with van der Waals surface area (Å²) in [6.45, 7) is 9.43. The van der Waals surface area contributed by atoms with E-state index in [1.54, 1.807) is 51.1 Å². The summed E-state index contributed by atoms with van der Waals surface area (Å²) < 4.78 is 47.2. The van der Waals surface area contributed by atoms with E-state index in [9.17, 15) is 43.8 Å². The average Bonchev–Trinajstić information content (AvgIpc) is 4.28. The molecule has 2 aromatic carbocycles. The molecule has 9 rings (SSSR count). The molecule has 4 aliphatic carbocycles. The number of aliphatic hydroxyl groups excluding tert-OH is 2. The number of hydrogen-bond donors (Lipinski definition) is 5. The Hall–Kier alpha value is -6.60. The van der Waals surface area contributed by atoms with E-state index in [2.05, 4.69) is 27.2 Å². The van der Waals surface area contributed by atoms with E-state index in [1.807, 2.05) is 36.4 Å². The molecule has 1 saturated heterocycles. The number of nitrogens with zero attached hydrogens (tertiary/aromatic N) is 2. The smallest absolute Gasteiger partial charge is 0.253 e. The maximum Gasteiger partial charge on any atom is 0.253 e. The second-order valence-corrected chi connectivity index (χ2v) is 21.7. The van der Waals surface area contributed by atoms with Crippen LogP contribution in [0.2, 0.25) is 0 Å². The zero-order valence-electron chi connectivity index (χ0n) is 42.4. The van der Waals surface area contributed by atoms with E-state index in [4.69, 9.17) is 9.47 Å². The van der Waals surface area contributed by atoms with Crippen molar-refractivity contribution in [2.75, 3.05) is 18.5 Å². The van der Waals surface area contributed by atoms with Gasteiger partial charge in [0.1, 0.15) is 18.6 Å². The minimum atomic E-state index is -2.25. The maximum atomic E-state index is 17.9. The minimum Gasteiger partial charge on any atom is -0.390 e. The number of alkyl halides is 2. The molecule has 16 nitrogen and oxygen atoms in total. The molecule has 18 heteroatoms. The molecule has 3 aromatic rings. The third-order valence-corrected chi connectivity index (χ3v) is 17.1. The van der Waals surface area contributed by atoms with Gasteiger partial charge >= 0.3 is 0 Å². The highest BCUT2D eigenvalue weighted by Crippen LogP contribution is 2.72. The van der Waals surface area contributed by atoms with E-state index < -0.39 is 118 Å². The Kier molecular flexibility index (Phi) is 14.6. The molecule has 4 fully saturated rings. The lowest BCUT2D eigenvalue weighted by Crippen LogP contribution is -2.70. The molecule has 0 spiro atoms. The van der Waals surface area contributed by atoms with Crippen molar-refractivity contribution in [3.63, 3.8) is 0 Å². The van der Waals surface area contributed by atoms with Gasteiger partial charge < -0.3 is 35.3 Å². The van der Waals surface area contributed by atoms with Crippen LogP contribution in [-0.2, 0) is 55.9 Å². The Labute approximate surface area is 433 Å². The van der Waals surface area contributed by atoms with Gasteiger partial charge in [-0.3, -0.25) is 38.5 Å². The summed E-state index contributed by atoms with van der Waals surface area (Å²) in [5, 5.41) is 27.9. The molecule has 396 valence electrons. The number of imidazole rings is 1. The highest BCUT2D eigenvalue weighted by molar-refractivity contribution is 6.13. The number of ether oxygens (including phenoxy) is 2. The fraction of sp³-hybridized carbons (Fsp3) is 0.474. The largest absolute Gasteiger partial charge is 0.390 e. The van der Waals surface area contributed by atoms with Crippen molar-refractivity contribution in [2.24, 2.45) is 34.5 Å². The first-order valence-corrected chi connectivity index (χ1v) is 25.5. The van der Waals surface area contributed by atoms with Gasteiger partial charge in [0.05, 0.1) is 30.5 Å². The van der Waals surface area contributed by atoms with Crippen molar-refractivity contribution in [2.45, 2.75) is 121 Å². The predicted molar refractivity (Wildman–Crippen MR) is 268 cm³/mol. The second kappa shape index (κ2) is 20.5. The zero-order valence-corrected chi connectivity index (χ0v) is 42.4. The summed E-state index contributed by atoms with van der Waals surface area (Å²) >= 11 is 0. The fourth-order valence-corrected chi connectivity index (χ4v) is 13.0. The molecule has 75 heavy (non-hydrogen) atoms. The summed E-state index contributed by atoms with van der Waals surface area (Å²) in [5.74, 6) is -6.66. The monoisotopic (exact) mass is 1030 g/mol. The van der Waals surface area contributed by atoms with Gasteiger partial charge in [0, 0.05) is 90.2 Å². The van der Waals surface area contributed by atoms with Crippen LogP contribution in [0, 0.1) is 34.5 Å². The molecule has 13 atom stereocenters. The molecule has 4 amide bonds. The second-order valence-electron chi connectivity index (χ2n) is 21.7. The fourth-order valence-electron chi connectivity index (χ4n) is 13.0. The van der Waals surface area contributed by atoms with E-state index in [0.717, 1.165) is 28.2 Å². The number of anilines is 1. The van der Waals surface area contributed by atoms with E-state index in [-0.39, 0.29) is 62.8 Å². The van der Waals surface area contributed by atoms with Crippen LogP contribution in [0.25, 0.3) is 0 Å². The van der Waals surface area contributed by atoms with Crippen molar-refractivity contribution < 1.29 is 62.0 Å². The van der Waals surface area contributed by atoms with E-state index in [1.165, 1.54) is 19.4 Å². The van der Waals surface area contributed by atoms with Gasteiger partial charge in [-0.15, -0.1) is 0 Å². The van der Waals surface area contributed by atoms with Gasteiger partial charge in [0.15, 0.2) is 29.1 Å². The third-order valence-electron chi connectivity index (χ3n) is 17.1. The quantitative estimate of drug-likeness (QED) is 0.0897. The van der Waals surface area contributed by atoms with Crippen LogP contribution in [0.3, 0.4) is 0 Å². The number of aliphatic hydroxyl groups is 2. The lowest BCUT2D eigenvalue weighted by atomic mass is 9.44. The Morgan fingerprint density at radius 2 is 1.71 bits per heavy atom. The van der Waals surface area contributed by atoms with Gasteiger partial charge in [0.2, 0.25) is 11.8 Å². The molecule has 5 N–H and O–H groups in total. The van der Waals surface area contributed by atoms with Crippen LogP contribution in [-0.4, -0.2) is 115 Å². The maximum absolute atomic E-state index is 17.9. The number of imide groups is 1. The van der Waals surface area contributed by atoms with Crippen molar-refractivity contribution >= 4 is 46.7 Å². The number of benzene rings is 2. The number of rotatable bonds is 19. The number of carbonyl (C=O) groups is 7. The number of amides is 4. The molecule has 2 aliphatic heterocycles. The van der Waals surface area contributed by atoms with Crippen molar-refractivity contribution in [1.82, 2.24) is 20.2 Å². The standard InChI is InChI=1S/C57H63F2N5O11/c1-31-15-17-54(4)43(19-31)44(58)25-42-41-26-48-57(47(69)29-65,55(41,5)27-46(68)56(42,54)59)75-53(74-48)36-11-9-34(10-12-36)21-35-7-6-8-38(22-35)63-51(72)32(2)20-45(67)33(3)62-52(73)37(23-39-28-60-30-61-39)24-40(66)16-18-64-49(70)13-14-50(64)71/h6-15,17,19,22,28,30,32-33,37,41-42,44,46,48,53,65,68H,1,16,18,20-21,23-27,29H2,2-5H3,(H,60,61)(H,62,73)(H,63,72)/t32-,33+,37-,41+,42+,44+,46+,48-,53-,54+,55+,56+,57-/m1/s1. The first-order chi connectivity index (χ1) is 35.6. The average molecular weight is 1030 g/mol. The van der Waals surface area contributed by atoms with Crippen LogP contribution in [0.15, 0.2) is 109 Å². The Morgan fingerprint density at radius 3 is 2.40 bits per heavy atom. The first kappa shape index (κ1) is 53.2. The summed E-state index contributed by atoms with van der Waals surface area (Å²) in [5.41, 5.74) is -2.43. The Morgan fingerprint density at radius 1 is 0.973 bits per heavy atom. The number of nitrogens with one attached hydrogen (secondary N) is 3. The number of halogens is 2. The number of carbonyl (C=O) groups excluding carboxylic acids is 7. The van der Waals surface area contributed by atoms with Gasteiger partial charge in [-0.05, 0) is 79.9 Å². The zero-order chi connectivity index (χ0) is 53.8. The molecule has 0 unspecified atom stereocenters. The summed E-state index contributed by atoms with van der Waals surface area (Å²) in [6, 6.07) is 13.6. The molecule has 0 bridgehead atoms. The molecule has 6 aliphatic rings. The first-order valence-electron chi connectivity index (χ1n) is 25.5. The van der Waals surface area contributed by atoms with E-state index >= 15 is 8.78 Å². The number of aromatic nitrogens is 2. The number of Topliss-reactive ketones (excluding diaryl/α,β-unsaturated/α-hetero) is 3. The molecule has 1 aromatic heterocycles. The van der Waals surface area contributed by atoms with Crippen molar-refractivity contribution in [1.29, 1.82) is 0 Å². The van der Waals surface area contributed by atoms with Gasteiger partial charge in [-0.1, -0.05) is 75.1 Å². The van der Waals surface area contributed by atoms with Crippen LogP contribution in [0.5, 0.6) is 0 Å². The van der Waals surface area contributed by atoms with Crippen molar-refractivity contribution in [3.8, 4) is 0 Å². The lowest BCUT2D eigenvalue weighted by Gasteiger charge is -2.63. The number of fused-ring (bicyclic) bond motifs is 7. The highest BCUT2D eigenvalue weighted by Gasteiger charge is 2.80. The number of aromatic amines is 1. The summed E-state index contributed by atoms with van der Waals surface area (Å²) in [6.07, 6.45) is 4.83. The number of ketones is 3. The predicted octanol–water partition coefficient (Wildman–Crippen LogP) is 5.80. The summed E-state index contributed by atoms with van der Waals surface area (Å²) in [4.78, 5) is 99.0. The molecule has 3 heterocycles. The summed E-state index contributed by atoms with van der Waals surface area (Å²) in [7, 11) is 0. The Bertz CT molecular complexity index is 2890. The van der Waals surface area contributed by atoms with Gasteiger partial charge in [-0.2, -0.15) is 0 Å². The third kappa shape index (κ3) is 9.48. The normalized spacial score (nSPS) is 31.7. The Balaban J connectivity index is 0.795. The van der Waals surface area contributed by atoms with Crippen molar-refractivity contribution in [3.05, 3.63) is 132 Å². The van der Waals surface area contributed by atoms with Crippen LogP contribution >= 0.6 is 0 Å². The van der Waals surface area contributed by atoms with Crippen LogP contribution < -0.4 is 10.6 Å². The lowest BCUT2D eigenvalue weighted by molar-refractivity contribution is -0.235. The molecule has 3 saturated carbocycles. The molecular weight excluding hydrogens is 969 g/mol. The number of H-pyrrole nitrogens is 1. The molecular formula is C57H63F2N5O11. The van der Waals surface area contributed by atoms with Gasteiger partial charge in [-0.25, -0.2) is 13.8 Å². The minimum absolute atomic E-state index is 0.115. The number of hydrogen-bond acceptors (Lipinski definition) is 12. The van der Waals surface area contributed by atoms with Crippen LogP contribution in [0.4, 0.5) is 14.5 Å². The SMILES string of the molecule is C=C1C=C[C@@]2(C)C(=C1)[C@@H](F)C[C@H]1[C@@H]3C[C@H]4O[C@@H](c5ccc(Cc6cccc(NC(=O)[C@H](C)CC(=O)[C@H](C)NC(=O)[C@@H](CC(=O)CCN7C(=O)C=CC7=O)Cc7cnc[nH]7)c6)cc5)O[C@@]4(C(=O)CO)[C@@]3(C)C[C@H](O)[C@@]12F. The number of allylic oxidation sites excluding steroid dienone is 5. The topological polar surface area (TPSA) is 234 Å². The van der Waals surface area contributed by atoms with E-state index in [0.29, 0.717) is 28.9 Å². The molecule has 0 radical (unpaired) electrons. The van der Waals surface area contributed by atoms with Crippen LogP contribution in [0.1, 0.15) is 94.9 Å². The highest BCUT2D eigenvalue weighted by atomic mass is 19.1.